The van der Waals surface area contributed by atoms with Crippen molar-refractivity contribution in [2.75, 3.05) is 6.54 Å². The average molecular weight is 418 g/mol. The zero-order valence-corrected chi connectivity index (χ0v) is 15.7. The Morgan fingerprint density at radius 2 is 2.14 bits per heavy atom. The lowest BCUT2D eigenvalue weighted by atomic mass is 10.2. The van der Waals surface area contributed by atoms with Crippen molar-refractivity contribution in [3.05, 3.63) is 23.9 Å². The molecule has 3 N–H and O–H groups in total. The van der Waals surface area contributed by atoms with E-state index in [1.54, 1.807) is 0 Å². The first-order valence-electron chi connectivity index (χ1n) is 7.79. The molecule has 5 nitrogen and oxygen atoms in total. The second-order valence-electron chi connectivity index (χ2n) is 6.01. The second-order valence-corrected chi connectivity index (χ2v) is 6.01. The summed E-state index contributed by atoms with van der Waals surface area (Å²) in [6.45, 7) is 5.63. The molecule has 0 spiro atoms. The highest BCUT2D eigenvalue weighted by atomic mass is 127. The zero-order valence-electron chi connectivity index (χ0n) is 13.4. The van der Waals surface area contributed by atoms with Gasteiger partial charge < -0.3 is 15.8 Å². The van der Waals surface area contributed by atoms with Crippen LogP contribution in [0, 0.1) is 5.92 Å². The Morgan fingerprint density at radius 1 is 1.41 bits per heavy atom. The SMILES string of the molecule is CC(C)CNC(N)=NCc1ccc(OC2CCCC2)nc1.I. The van der Waals surface area contributed by atoms with Crippen molar-refractivity contribution in [2.45, 2.75) is 52.2 Å². The molecule has 1 aliphatic rings. The summed E-state index contributed by atoms with van der Waals surface area (Å²) in [6.07, 6.45) is 6.97. The number of hydrogen-bond donors (Lipinski definition) is 2. The van der Waals surface area contributed by atoms with E-state index in [1.807, 2.05) is 18.3 Å². The zero-order chi connectivity index (χ0) is 15.1. The van der Waals surface area contributed by atoms with Crippen LogP contribution in [0.25, 0.3) is 0 Å². The number of nitrogens with two attached hydrogens (primary N) is 1. The van der Waals surface area contributed by atoms with E-state index < -0.39 is 0 Å². The lowest BCUT2D eigenvalue weighted by Crippen LogP contribution is -2.34. The maximum atomic E-state index is 5.84. The first-order valence-corrected chi connectivity index (χ1v) is 7.79. The molecule has 1 heterocycles. The lowest BCUT2D eigenvalue weighted by molar-refractivity contribution is 0.201. The minimum absolute atomic E-state index is 0. The molecule has 22 heavy (non-hydrogen) atoms. The van der Waals surface area contributed by atoms with Crippen molar-refractivity contribution in [3.63, 3.8) is 0 Å². The Kier molecular flexibility index (Phi) is 8.52. The molecule has 0 amide bonds. The van der Waals surface area contributed by atoms with Crippen LogP contribution < -0.4 is 15.8 Å². The van der Waals surface area contributed by atoms with Crippen LogP contribution >= 0.6 is 24.0 Å². The molecule has 0 saturated heterocycles. The van der Waals surface area contributed by atoms with Crippen LogP contribution in [-0.2, 0) is 6.54 Å². The molecule has 0 radical (unpaired) electrons. The Balaban J connectivity index is 0.00000242. The van der Waals surface area contributed by atoms with Gasteiger partial charge in [-0.15, -0.1) is 24.0 Å². The van der Waals surface area contributed by atoms with Gasteiger partial charge in [0.2, 0.25) is 5.88 Å². The number of hydrogen-bond acceptors (Lipinski definition) is 3. The van der Waals surface area contributed by atoms with Crippen LogP contribution in [0.4, 0.5) is 0 Å². The minimum Gasteiger partial charge on any atom is -0.474 e. The molecular formula is C16H27IN4O. The molecule has 0 aliphatic heterocycles. The normalized spacial score (nSPS) is 15.7. The van der Waals surface area contributed by atoms with E-state index in [0.717, 1.165) is 24.9 Å². The van der Waals surface area contributed by atoms with Crippen molar-refractivity contribution in [1.82, 2.24) is 10.3 Å². The summed E-state index contributed by atoms with van der Waals surface area (Å²) in [5.74, 6) is 1.74. The van der Waals surface area contributed by atoms with Crippen LogP contribution in [-0.4, -0.2) is 23.6 Å². The van der Waals surface area contributed by atoms with Gasteiger partial charge in [-0.2, -0.15) is 0 Å². The summed E-state index contributed by atoms with van der Waals surface area (Å²) in [7, 11) is 0. The molecule has 2 rings (SSSR count). The van der Waals surface area contributed by atoms with E-state index in [9.17, 15) is 0 Å². The molecule has 0 aromatic carbocycles. The number of pyridine rings is 1. The highest BCUT2D eigenvalue weighted by molar-refractivity contribution is 14.0. The van der Waals surface area contributed by atoms with E-state index in [-0.39, 0.29) is 24.0 Å². The fraction of sp³-hybridized carbons (Fsp3) is 0.625. The number of nitrogens with zero attached hydrogens (tertiary/aromatic N) is 2. The molecular weight excluding hydrogens is 391 g/mol. The quantitative estimate of drug-likeness (QED) is 0.423. The molecule has 1 fully saturated rings. The first-order chi connectivity index (χ1) is 10.1. The predicted molar refractivity (Wildman–Crippen MR) is 101 cm³/mol. The fourth-order valence-electron chi connectivity index (χ4n) is 2.29. The molecule has 1 aliphatic carbocycles. The van der Waals surface area contributed by atoms with Gasteiger partial charge in [0.25, 0.3) is 0 Å². The monoisotopic (exact) mass is 418 g/mol. The Bertz CT molecular complexity index is 456. The third-order valence-corrected chi connectivity index (χ3v) is 3.51. The van der Waals surface area contributed by atoms with Gasteiger partial charge in [0.1, 0.15) is 6.10 Å². The van der Waals surface area contributed by atoms with Crippen molar-refractivity contribution in [1.29, 1.82) is 0 Å². The van der Waals surface area contributed by atoms with Crippen LogP contribution in [0.2, 0.25) is 0 Å². The van der Waals surface area contributed by atoms with E-state index in [2.05, 4.69) is 29.1 Å². The van der Waals surface area contributed by atoms with Gasteiger partial charge in [0, 0.05) is 18.8 Å². The smallest absolute Gasteiger partial charge is 0.213 e. The van der Waals surface area contributed by atoms with E-state index >= 15 is 0 Å². The Labute approximate surface area is 150 Å². The summed E-state index contributed by atoms with van der Waals surface area (Å²) < 4.78 is 5.84. The van der Waals surface area contributed by atoms with Gasteiger partial charge in [-0.05, 0) is 37.2 Å². The summed E-state index contributed by atoms with van der Waals surface area (Å²) in [5, 5.41) is 3.09. The standard InChI is InChI=1S/C16H26N4O.HI/c1-12(2)9-19-16(17)20-11-13-7-8-15(18-10-13)21-14-5-3-4-6-14;/h7-8,10,12,14H,3-6,9,11H2,1-2H3,(H3,17,19,20);1H. The number of nitrogens with one attached hydrogen (secondary N) is 1. The van der Waals surface area contributed by atoms with E-state index in [4.69, 9.17) is 10.5 Å². The predicted octanol–water partition coefficient (Wildman–Crippen LogP) is 3.08. The summed E-state index contributed by atoms with van der Waals surface area (Å²) in [6, 6.07) is 3.91. The van der Waals surface area contributed by atoms with Crippen molar-refractivity contribution < 1.29 is 4.74 Å². The molecule has 1 aromatic heterocycles. The second kappa shape index (κ2) is 9.86. The molecule has 124 valence electrons. The minimum atomic E-state index is 0. The van der Waals surface area contributed by atoms with Crippen LogP contribution in [0.5, 0.6) is 5.88 Å². The number of aliphatic imine (C=N–C) groups is 1. The maximum absolute atomic E-state index is 5.84. The van der Waals surface area contributed by atoms with Crippen molar-refractivity contribution in [2.24, 2.45) is 16.6 Å². The Hall–Kier alpha value is -1.05. The fourth-order valence-corrected chi connectivity index (χ4v) is 2.29. The van der Waals surface area contributed by atoms with Crippen molar-refractivity contribution >= 4 is 29.9 Å². The van der Waals surface area contributed by atoms with E-state index in [0.29, 0.717) is 30.4 Å². The molecule has 0 atom stereocenters. The molecule has 0 bridgehead atoms. The molecule has 6 heteroatoms. The van der Waals surface area contributed by atoms with Crippen LogP contribution in [0.3, 0.4) is 0 Å². The number of guanidine groups is 1. The largest absolute Gasteiger partial charge is 0.474 e. The maximum Gasteiger partial charge on any atom is 0.213 e. The third-order valence-electron chi connectivity index (χ3n) is 3.51. The lowest BCUT2D eigenvalue weighted by Gasteiger charge is -2.12. The molecule has 1 aromatic rings. The number of halogens is 1. The van der Waals surface area contributed by atoms with E-state index in [1.165, 1.54) is 12.8 Å². The summed E-state index contributed by atoms with van der Waals surface area (Å²) in [5.41, 5.74) is 6.83. The summed E-state index contributed by atoms with van der Waals surface area (Å²) >= 11 is 0. The number of aromatic nitrogens is 1. The van der Waals surface area contributed by atoms with Crippen molar-refractivity contribution in [3.8, 4) is 5.88 Å². The first kappa shape index (κ1) is 19.0. The van der Waals surface area contributed by atoms with Gasteiger partial charge in [-0.3, -0.25) is 0 Å². The van der Waals surface area contributed by atoms with Gasteiger partial charge in [-0.25, -0.2) is 9.98 Å². The topological polar surface area (TPSA) is 72.5 Å². The highest BCUT2D eigenvalue weighted by Crippen LogP contribution is 2.22. The highest BCUT2D eigenvalue weighted by Gasteiger charge is 2.16. The third kappa shape index (κ3) is 6.81. The van der Waals surface area contributed by atoms with Gasteiger partial charge in [-0.1, -0.05) is 19.9 Å². The summed E-state index contributed by atoms with van der Waals surface area (Å²) in [4.78, 5) is 8.64. The number of ether oxygens (including phenoxy) is 1. The number of rotatable bonds is 6. The average Bonchev–Trinajstić information content (AvgIpc) is 2.97. The molecule has 1 saturated carbocycles. The van der Waals surface area contributed by atoms with Crippen LogP contribution in [0.15, 0.2) is 23.3 Å². The van der Waals surface area contributed by atoms with Gasteiger partial charge in [0.05, 0.1) is 6.54 Å². The van der Waals surface area contributed by atoms with Crippen LogP contribution in [0.1, 0.15) is 45.1 Å². The van der Waals surface area contributed by atoms with Gasteiger partial charge in [0.15, 0.2) is 5.96 Å². The molecule has 0 unspecified atom stereocenters. The van der Waals surface area contributed by atoms with Gasteiger partial charge >= 0.3 is 0 Å². The Morgan fingerprint density at radius 3 is 2.73 bits per heavy atom.